The number of nitrogens with zero attached hydrogens (tertiary/aromatic N) is 1. The van der Waals surface area contributed by atoms with Crippen molar-refractivity contribution in [2.24, 2.45) is 11.8 Å². The number of allylic oxidation sites excluding steroid dienone is 2. The summed E-state index contributed by atoms with van der Waals surface area (Å²) in [5, 5.41) is 3.39. The van der Waals surface area contributed by atoms with E-state index in [9.17, 15) is 14.4 Å². The molecule has 5 nitrogen and oxygen atoms in total. The van der Waals surface area contributed by atoms with Crippen LogP contribution in [0.3, 0.4) is 0 Å². The van der Waals surface area contributed by atoms with Crippen molar-refractivity contribution in [3.8, 4) is 0 Å². The average Bonchev–Trinajstić information content (AvgIpc) is 2.83. The number of likely N-dealkylation sites (tertiary alicyclic amines) is 1. The van der Waals surface area contributed by atoms with Crippen LogP contribution in [0.4, 0.5) is 0 Å². The minimum absolute atomic E-state index is 0.271. The van der Waals surface area contributed by atoms with Gasteiger partial charge in [0.25, 0.3) is 0 Å². The standard InChI is InChI=1S/C18H19ClN2O3/c1-11(16(22)20-10-12-5-3-2-4-6-12)21-17(23)14-8-7-13(19)9-15(14)18(21)24/h2-7,11,14-15H,8-10H2,1H3,(H,20,22)/t11-,14+,15+/m1/s1. The SMILES string of the molecule is C[C@H](C(=O)NCc1ccccc1)N1C(=O)[C@H]2CC=C(Cl)C[C@@H]2C1=O. The van der Waals surface area contributed by atoms with Crippen LogP contribution in [0.15, 0.2) is 41.4 Å². The van der Waals surface area contributed by atoms with Crippen LogP contribution in [0.2, 0.25) is 0 Å². The van der Waals surface area contributed by atoms with Gasteiger partial charge in [-0.05, 0) is 25.3 Å². The first-order chi connectivity index (χ1) is 11.5. The maximum Gasteiger partial charge on any atom is 0.243 e. The largest absolute Gasteiger partial charge is 0.350 e. The van der Waals surface area contributed by atoms with Crippen molar-refractivity contribution in [3.05, 3.63) is 47.0 Å². The lowest BCUT2D eigenvalue weighted by atomic mass is 9.85. The smallest absolute Gasteiger partial charge is 0.243 e. The van der Waals surface area contributed by atoms with Gasteiger partial charge in [0.2, 0.25) is 17.7 Å². The predicted octanol–water partition coefficient (Wildman–Crippen LogP) is 2.21. The first-order valence-corrected chi connectivity index (χ1v) is 8.40. The Labute approximate surface area is 145 Å². The van der Waals surface area contributed by atoms with Crippen LogP contribution in [0.5, 0.6) is 0 Å². The van der Waals surface area contributed by atoms with Crippen molar-refractivity contribution in [1.29, 1.82) is 0 Å². The zero-order valence-corrected chi connectivity index (χ0v) is 14.1. The number of nitrogens with one attached hydrogen (secondary N) is 1. The Morgan fingerprint density at radius 2 is 1.92 bits per heavy atom. The summed E-state index contributed by atoms with van der Waals surface area (Å²) in [7, 11) is 0. The molecule has 1 heterocycles. The summed E-state index contributed by atoms with van der Waals surface area (Å²) in [5.74, 6) is -1.71. The molecule has 0 spiro atoms. The summed E-state index contributed by atoms with van der Waals surface area (Å²) in [6.45, 7) is 1.95. The third-order valence-electron chi connectivity index (χ3n) is 4.68. The summed E-state index contributed by atoms with van der Waals surface area (Å²) < 4.78 is 0. The Morgan fingerprint density at radius 3 is 2.62 bits per heavy atom. The van der Waals surface area contributed by atoms with E-state index in [0.717, 1.165) is 10.5 Å². The second-order valence-electron chi connectivity index (χ2n) is 6.23. The van der Waals surface area contributed by atoms with Crippen LogP contribution in [-0.4, -0.2) is 28.7 Å². The van der Waals surface area contributed by atoms with Gasteiger partial charge in [-0.1, -0.05) is 48.0 Å². The molecule has 0 unspecified atom stereocenters. The molecule has 3 rings (SSSR count). The second kappa shape index (κ2) is 6.77. The minimum atomic E-state index is -0.821. The molecule has 0 aromatic heterocycles. The Kier molecular flexibility index (Phi) is 4.71. The number of halogens is 1. The molecule has 1 fully saturated rings. The molecule has 3 amide bonds. The van der Waals surface area contributed by atoms with E-state index >= 15 is 0 Å². The van der Waals surface area contributed by atoms with Crippen LogP contribution in [-0.2, 0) is 20.9 Å². The van der Waals surface area contributed by atoms with Crippen molar-refractivity contribution in [2.45, 2.75) is 32.4 Å². The van der Waals surface area contributed by atoms with Crippen LogP contribution in [0.25, 0.3) is 0 Å². The molecular weight excluding hydrogens is 328 g/mol. The maximum atomic E-state index is 12.6. The number of carbonyl (C=O) groups is 3. The van der Waals surface area contributed by atoms with Gasteiger partial charge in [-0.25, -0.2) is 0 Å². The van der Waals surface area contributed by atoms with Crippen molar-refractivity contribution in [3.63, 3.8) is 0 Å². The molecule has 126 valence electrons. The zero-order chi connectivity index (χ0) is 17.3. The molecule has 0 saturated carbocycles. The number of benzene rings is 1. The van der Waals surface area contributed by atoms with E-state index in [1.807, 2.05) is 30.3 Å². The molecule has 1 N–H and O–H groups in total. The van der Waals surface area contributed by atoms with Crippen LogP contribution in [0, 0.1) is 11.8 Å². The van der Waals surface area contributed by atoms with E-state index in [1.165, 1.54) is 0 Å². The molecule has 3 atom stereocenters. The number of rotatable bonds is 4. The molecule has 0 radical (unpaired) electrons. The molecule has 1 aromatic rings. The van der Waals surface area contributed by atoms with Gasteiger partial charge in [0.15, 0.2) is 0 Å². The van der Waals surface area contributed by atoms with Gasteiger partial charge >= 0.3 is 0 Å². The van der Waals surface area contributed by atoms with E-state index < -0.39 is 12.0 Å². The summed E-state index contributed by atoms with van der Waals surface area (Å²) >= 11 is 6.00. The third kappa shape index (κ3) is 3.08. The van der Waals surface area contributed by atoms with Crippen molar-refractivity contribution in [1.82, 2.24) is 10.2 Å². The van der Waals surface area contributed by atoms with E-state index in [2.05, 4.69) is 5.32 Å². The van der Waals surface area contributed by atoms with Gasteiger partial charge in [0.05, 0.1) is 11.8 Å². The Balaban J connectivity index is 1.66. The second-order valence-corrected chi connectivity index (χ2v) is 6.72. The molecule has 1 aliphatic heterocycles. The Hall–Kier alpha value is -2.14. The van der Waals surface area contributed by atoms with E-state index in [1.54, 1.807) is 13.0 Å². The van der Waals surface area contributed by atoms with Crippen molar-refractivity contribution in [2.75, 3.05) is 0 Å². The number of imide groups is 1. The van der Waals surface area contributed by atoms with Crippen LogP contribution >= 0.6 is 11.6 Å². The molecule has 6 heteroatoms. The maximum absolute atomic E-state index is 12.6. The third-order valence-corrected chi connectivity index (χ3v) is 4.99. The zero-order valence-electron chi connectivity index (χ0n) is 13.4. The highest BCUT2D eigenvalue weighted by Gasteiger charge is 2.50. The average molecular weight is 347 g/mol. The number of fused-ring (bicyclic) bond motifs is 1. The summed E-state index contributed by atoms with van der Waals surface area (Å²) in [6, 6.07) is 8.66. The monoisotopic (exact) mass is 346 g/mol. The highest BCUT2D eigenvalue weighted by molar-refractivity contribution is 6.30. The van der Waals surface area contributed by atoms with Gasteiger partial charge in [-0.15, -0.1) is 0 Å². The summed E-state index contributed by atoms with van der Waals surface area (Å²) in [6.07, 6.45) is 2.63. The van der Waals surface area contributed by atoms with Gasteiger partial charge in [-0.3, -0.25) is 19.3 Å². The number of amides is 3. The van der Waals surface area contributed by atoms with E-state index in [-0.39, 0.29) is 23.6 Å². The van der Waals surface area contributed by atoms with Gasteiger partial charge < -0.3 is 5.32 Å². The predicted molar refractivity (Wildman–Crippen MR) is 89.8 cm³/mol. The molecule has 2 aliphatic rings. The lowest BCUT2D eigenvalue weighted by molar-refractivity contribution is -0.147. The van der Waals surface area contributed by atoms with E-state index in [4.69, 9.17) is 11.6 Å². The normalized spacial score (nSPS) is 24.4. The Bertz CT molecular complexity index is 701. The lowest BCUT2D eigenvalue weighted by Gasteiger charge is -2.22. The van der Waals surface area contributed by atoms with Crippen LogP contribution in [0.1, 0.15) is 25.3 Å². The fourth-order valence-corrected chi connectivity index (χ4v) is 3.54. The first-order valence-electron chi connectivity index (χ1n) is 8.02. The number of carbonyl (C=O) groups excluding carboxylic acids is 3. The number of hydrogen-bond acceptors (Lipinski definition) is 3. The first kappa shape index (κ1) is 16.7. The van der Waals surface area contributed by atoms with E-state index in [0.29, 0.717) is 24.4 Å². The minimum Gasteiger partial charge on any atom is -0.350 e. The summed E-state index contributed by atoms with van der Waals surface area (Å²) in [4.78, 5) is 38.6. The molecule has 1 saturated heterocycles. The van der Waals surface area contributed by atoms with Gasteiger partial charge in [0, 0.05) is 11.6 Å². The molecule has 24 heavy (non-hydrogen) atoms. The van der Waals surface area contributed by atoms with Crippen molar-refractivity contribution >= 4 is 29.3 Å². The lowest BCUT2D eigenvalue weighted by Crippen LogP contribution is -2.48. The number of hydrogen-bond donors (Lipinski definition) is 1. The fraction of sp³-hybridized carbons (Fsp3) is 0.389. The molecular formula is C18H19ClN2O3. The summed E-state index contributed by atoms with van der Waals surface area (Å²) in [5.41, 5.74) is 0.960. The molecule has 1 aromatic carbocycles. The topological polar surface area (TPSA) is 66.5 Å². The van der Waals surface area contributed by atoms with Gasteiger partial charge in [0.1, 0.15) is 6.04 Å². The highest BCUT2D eigenvalue weighted by Crippen LogP contribution is 2.39. The highest BCUT2D eigenvalue weighted by atomic mass is 35.5. The molecule has 1 aliphatic carbocycles. The molecule has 0 bridgehead atoms. The van der Waals surface area contributed by atoms with Gasteiger partial charge in [-0.2, -0.15) is 0 Å². The Morgan fingerprint density at radius 1 is 1.25 bits per heavy atom. The quantitative estimate of drug-likeness (QED) is 0.850. The van der Waals surface area contributed by atoms with Crippen molar-refractivity contribution < 1.29 is 14.4 Å². The fourth-order valence-electron chi connectivity index (χ4n) is 3.28. The van der Waals surface area contributed by atoms with Crippen LogP contribution < -0.4 is 5.32 Å².